The molecule has 37 heavy (non-hydrogen) atoms. The molecule has 1 fully saturated rings. The van der Waals surface area contributed by atoms with Crippen molar-refractivity contribution in [3.05, 3.63) is 131 Å². The Bertz CT molecular complexity index is 1450. The number of Topliss-reactive ketones (excluding diaryl/α,β-unsaturated/α-hetero) is 1. The molecule has 0 unspecified atom stereocenters. The van der Waals surface area contributed by atoms with Crippen molar-refractivity contribution in [1.82, 2.24) is 14.9 Å². The number of nitrogens with zero attached hydrogens (tertiary/aromatic N) is 3. The molecule has 7 heteroatoms. The van der Waals surface area contributed by atoms with E-state index in [4.69, 9.17) is 4.74 Å². The van der Waals surface area contributed by atoms with Crippen molar-refractivity contribution in [3.63, 3.8) is 0 Å². The number of amides is 1. The molecule has 1 atom stereocenters. The van der Waals surface area contributed by atoms with E-state index >= 15 is 0 Å². The number of pyridine rings is 2. The van der Waals surface area contributed by atoms with Gasteiger partial charge in [0.05, 0.1) is 11.6 Å². The number of carbonyl (C=O) groups excluding carboxylic acids is 2. The van der Waals surface area contributed by atoms with Gasteiger partial charge in [0, 0.05) is 36.9 Å². The number of hydrogen-bond donors (Lipinski definition) is 1. The monoisotopic (exact) mass is 491 g/mol. The number of rotatable bonds is 7. The highest BCUT2D eigenvalue weighted by Crippen LogP contribution is 2.40. The zero-order valence-corrected chi connectivity index (χ0v) is 20.2. The number of aliphatic hydroxyl groups is 1. The standard InChI is InChI=1S/C30H25N3O4/c1-20-15-23(11-12-25(20)37-19-21-7-3-2-4-8-21)28(34)26-27(24-10-6-14-32-17-24)33(30(36)29(26)35)18-22-9-5-13-31-16-22/h2-17,27,34H,18-19H2,1H3/b28-26+/t27-/m0/s1. The molecule has 5 rings (SSSR count). The number of ketones is 1. The van der Waals surface area contributed by atoms with E-state index in [-0.39, 0.29) is 17.9 Å². The fraction of sp³-hybridized carbons (Fsp3) is 0.133. The van der Waals surface area contributed by atoms with Gasteiger partial charge in [-0.1, -0.05) is 42.5 Å². The molecule has 2 aromatic carbocycles. The van der Waals surface area contributed by atoms with Crippen molar-refractivity contribution in [2.75, 3.05) is 0 Å². The SMILES string of the molecule is Cc1cc(/C(O)=C2\C(=O)C(=O)N(Cc3cccnc3)[C@H]2c2cccnc2)ccc1OCc1ccccc1. The summed E-state index contributed by atoms with van der Waals surface area (Å²) in [5.41, 5.74) is 3.69. The highest BCUT2D eigenvalue weighted by atomic mass is 16.5. The molecule has 7 nitrogen and oxygen atoms in total. The molecule has 1 N–H and O–H groups in total. The number of aromatic nitrogens is 2. The van der Waals surface area contributed by atoms with E-state index in [1.807, 2.05) is 43.3 Å². The Kier molecular flexibility index (Phi) is 6.76. The predicted molar refractivity (Wildman–Crippen MR) is 138 cm³/mol. The molecule has 1 aliphatic rings. The van der Waals surface area contributed by atoms with Crippen LogP contribution in [0.15, 0.2) is 103 Å². The Balaban J connectivity index is 1.50. The number of carbonyl (C=O) groups is 2. The zero-order chi connectivity index (χ0) is 25.8. The maximum Gasteiger partial charge on any atom is 0.295 e. The molecule has 0 aliphatic carbocycles. The highest BCUT2D eigenvalue weighted by molar-refractivity contribution is 6.46. The molecule has 1 aliphatic heterocycles. The second kappa shape index (κ2) is 10.5. The number of likely N-dealkylation sites (tertiary alicyclic amines) is 1. The molecule has 184 valence electrons. The smallest absolute Gasteiger partial charge is 0.295 e. The van der Waals surface area contributed by atoms with Crippen LogP contribution in [0, 0.1) is 6.92 Å². The van der Waals surface area contributed by atoms with Crippen LogP contribution in [-0.4, -0.2) is 31.7 Å². The van der Waals surface area contributed by atoms with Gasteiger partial charge in [0.1, 0.15) is 18.1 Å². The number of aliphatic hydroxyl groups excluding tert-OH is 1. The number of ether oxygens (including phenoxy) is 1. The molecule has 4 aromatic rings. The predicted octanol–water partition coefficient (Wildman–Crippen LogP) is 4.99. The van der Waals surface area contributed by atoms with Crippen LogP contribution in [0.25, 0.3) is 5.76 Å². The van der Waals surface area contributed by atoms with Gasteiger partial charge >= 0.3 is 0 Å². The van der Waals surface area contributed by atoms with Gasteiger partial charge in [-0.25, -0.2) is 0 Å². The maximum absolute atomic E-state index is 13.2. The molecular weight excluding hydrogens is 466 g/mol. The van der Waals surface area contributed by atoms with E-state index in [1.54, 1.807) is 61.2 Å². The van der Waals surface area contributed by atoms with E-state index in [2.05, 4.69) is 9.97 Å². The minimum atomic E-state index is -0.789. The summed E-state index contributed by atoms with van der Waals surface area (Å²) in [5.74, 6) is -0.990. The summed E-state index contributed by atoms with van der Waals surface area (Å²) in [6.45, 7) is 2.45. The lowest BCUT2D eigenvalue weighted by molar-refractivity contribution is -0.140. The van der Waals surface area contributed by atoms with Crippen molar-refractivity contribution >= 4 is 17.4 Å². The molecule has 1 saturated heterocycles. The summed E-state index contributed by atoms with van der Waals surface area (Å²) < 4.78 is 5.95. The van der Waals surface area contributed by atoms with E-state index in [1.165, 1.54) is 4.90 Å². The van der Waals surface area contributed by atoms with Crippen LogP contribution in [0.5, 0.6) is 5.75 Å². The fourth-order valence-electron chi connectivity index (χ4n) is 4.47. The van der Waals surface area contributed by atoms with Gasteiger partial charge in [0.15, 0.2) is 0 Å². The lowest BCUT2D eigenvalue weighted by Crippen LogP contribution is -2.29. The van der Waals surface area contributed by atoms with Gasteiger partial charge < -0.3 is 14.7 Å². The van der Waals surface area contributed by atoms with Gasteiger partial charge in [0.25, 0.3) is 11.7 Å². The Morgan fingerprint density at radius 2 is 1.65 bits per heavy atom. The Morgan fingerprint density at radius 3 is 2.32 bits per heavy atom. The first-order valence-electron chi connectivity index (χ1n) is 11.9. The minimum Gasteiger partial charge on any atom is -0.507 e. The third-order valence-corrected chi connectivity index (χ3v) is 6.30. The Labute approximate surface area is 214 Å². The zero-order valence-electron chi connectivity index (χ0n) is 20.2. The lowest BCUT2D eigenvalue weighted by atomic mass is 9.95. The average molecular weight is 492 g/mol. The Morgan fingerprint density at radius 1 is 0.919 bits per heavy atom. The van der Waals surface area contributed by atoms with Gasteiger partial charge in [-0.05, 0) is 59.5 Å². The summed E-state index contributed by atoms with van der Waals surface area (Å²) >= 11 is 0. The van der Waals surface area contributed by atoms with Crippen LogP contribution in [0.3, 0.4) is 0 Å². The van der Waals surface area contributed by atoms with Crippen molar-refractivity contribution in [2.45, 2.75) is 26.1 Å². The molecule has 0 spiro atoms. The molecule has 0 saturated carbocycles. The number of aryl methyl sites for hydroxylation is 1. The largest absolute Gasteiger partial charge is 0.507 e. The first kappa shape index (κ1) is 23.9. The molecule has 2 aromatic heterocycles. The quantitative estimate of drug-likeness (QED) is 0.223. The van der Waals surface area contributed by atoms with Crippen LogP contribution < -0.4 is 4.74 Å². The molecular formula is C30H25N3O4. The lowest BCUT2D eigenvalue weighted by Gasteiger charge is -2.25. The van der Waals surface area contributed by atoms with E-state index in [9.17, 15) is 14.7 Å². The third kappa shape index (κ3) is 4.97. The first-order valence-corrected chi connectivity index (χ1v) is 11.9. The average Bonchev–Trinajstić information content (AvgIpc) is 3.18. The molecule has 3 heterocycles. The van der Waals surface area contributed by atoms with E-state index in [0.29, 0.717) is 23.5 Å². The van der Waals surface area contributed by atoms with Crippen LogP contribution in [0.2, 0.25) is 0 Å². The fourth-order valence-corrected chi connectivity index (χ4v) is 4.47. The summed E-state index contributed by atoms with van der Waals surface area (Å²) in [4.78, 5) is 36.1. The summed E-state index contributed by atoms with van der Waals surface area (Å²) in [5, 5.41) is 11.4. The van der Waals surface area contributed by atoms with Crippen molar-refractivity contribution in [1.29, 1.82) is 0 Å². The van der Waals surface area contributed by atoms with Gasteiger partial charge in [-0.3, -0.25) is 19.6 Å². The topological polar surface area (TPSA) is 92.6 Å². The minimum absolute atomic E-state index is 0.0271. The summed E-state index contributed by atoms with van der Waals surface area (Å²) in [7, 11) is 0. The first-order chi connectivity index (χ1) is 18.0. The number of benzene rings is 2. The van der Waals surface area contributed by atoms with E-state index < -0.39 is 17.7 Å². The van der Waals surface area contributed by atoms with Crippen LogP contribution >= 0.6 is 0 Å². The van der Waals surface area contributed by atoms with Gasteiger partial charge in [-0.15, -0.1) is 0 Å². The van der Waals surface area contributed by atoms with Gasteiger partial charge in [0.2, 0.25) is 0 Å². The Hall–Kier alpha value is -4.78. The summed E-state index contributed by atoms with van der Waals surface area (Å²) in [6.07, 6.45) is 6.52. The normalized spacial score (nSPS) is 16.7. The second-order valence-corrected chi connectivity index (χ2v) is 8.83. The van der Waals surface area contributed by atoms with Crippen molar-refractivity contribution < 1.29 is 19.4 Å². The van der Waals surface area contributed by atoms with Gasteiger partial charge in [-0.2, -0.15) is 0 Å². The van der Waals surface area contributed by atoms with Crippen LogP contribution in [-0.2, 0) is 22.7 Å². The third-order valence-electron chi connectivity index (χ3n) is 6.30. The maximum atomic E-state index is 13.2. The van der Waals surface area contributed by atoms with Crippen molar-refractivity contribution in [2.24, 2.45) is 0 Å². The highest BCUT2D eigenvalue weighted by Gasteiger charge is 2.46. The molecule has 0 radical (unpaired) electrons. The van der Waals surface area contributed by atoms with Crippen LogP contribution in [0.4, 0.5) is 0 Å². The number of hydrogen-bond acceptors (Lipinski definition) is 6. The second-order valence-electron chi connectivity index (χ2n) is 8.83. The molecule has 0 bridgehead atoms. The van der Waals surface area contributed by atoms with Crippen LogP contribution in [0.1, 0.15) is 33.9 Å². The summed E-state index contributed by atoms with van der Waals surface area (Å²) in [6, 6.07) is 21.4. The van der Waals surface area contributed by atoms with E-state index in [0.717, 1.165) is 16.7 Å². The molecule has 1 amide bonds. The van der Waals surface area contributed by atoms with Crippen molar-refractivity contribution in [3.8, 4) is 5.75 Å².